The van der Waals surface area contributed by atoms with Crippen molar-refractivity contribution in [1.29, 1.82) is 0 Å². The summed E-state index contributed by atoms with van der Waals surface area (Å²) < 4.78 is 5.50. The lowest BCUT2D eigenvalue weighted by Crippen LogP contribution is -2.53. The Bertz CT molecular complexity index is 706. The Balaban J connectivity index is 1.09. The molecular formula is C24H35N3O2. The number of ether oxygens (including phenoxy) is 1. The summed E-state index contributed by atoms with van der Waals surface area (Å²) in [6, 6.07) is 8.20. The summed E-state index contributed by atoms with van der Waals surface area (Å²) in [5, 5.41) is 3.33. The Morgan fingerprint density at radius 1 is 1.03 bits per heavy atom. The first-order valence-electron chi connectivity index (χ1n) is 11.5. The molecule has 5 nitrogen and oxygen atoms in total. The van der Waals surface area contributed by atoms with Crippen molar-refractivity contribution >= 4 is 11.6 Å². The van der Waals surface area contributed by atoms with Crippen LogP contribution < -0.4 is 15.0 Å². The highest BCUT2D eigenvalue weighted by Gasteiger charge is 2.50. The van der Waals surface area contributed by atoms with Crippen LogP contribution in [0.25, 0.3) is 0 Å². The quantitative estimate of drug-likeness (QED) is 0.801. The van der Waals surface area contributed by atoms with Gasteiger partial charge in [0.25, 0.3) is 0 Å². The molecule has 1 aromatic rings. The molecule has 29 heavy (non-hydrogen) atoms. The van der Waals surface area contributed by atoms with Gasteiger partial charge in [0.05, 0.1) is 19.3 Å². The van der Waals surface area contributed by atoms with Crippen molar-refractivity contribution in [3.8, 4) is 5.75 Å². The lowest BCUT2D eigenvalue weighted by Gasteiger charge is -2.57. The molecule has 0 aromatic heterocycles. The lowest BCUT2D eigenvalue weighted by atomic mass is 9.49. The van der Waals surface area contributed by atoms with Crippen LogP contribution in [0.2, 0.25) is 0 Å². The molecule has 1 aliphatic heterocycles. The van der Waals surface area contributed by atoms with Crippen molar-refractivity contribution in [3.63, 3.8) is 0 Å². The Labute approximate surface area is 174 Å². The Kier molecular flexibility index (Phi) is 5.19. The Morgan fingerprint density at radius 3 is 2.28 bits per heavy atom. The number of nitrogens with zero attached hydrogens (tertiary/aromatic N) is 2. The van der Waals surface area contributed by atoms with Crippen LogP contribution in [0.3, 0.4) is 0 Å². The molecule has 1 amide bonds. The van der Waals surface area contributed by atoms with Gasteiger partial charge in [-0.05, 0) is 73.8 Å². The molecule has 1 N–H and O–H groups in total. The van der Waals surface area contributed by atoms with E-state index in [4.69, 9.17) is 4.74 Å². The summed E-state index contributed by atoms with van der Waals surface area (Å²) in [7, 11) is 1.73. The third-order valence-corrected chi connectivity index (χ3v) is 7.99. The monoisotopic (exact) mass is 397 g/mol. The number of para-hydroxylation sites is 2. The van der Waals surface area contributed by atoms with Crippen molar-refractivity contribution in [2.45, 2.75) is 38.5 Å². The molecule has 0 unspecified atom stereocenters. The summed E-state index contributed by atoms with van der Waals surface area (Å²) in [5.74, 6) is 3.98. The minimum absolute atomic E-state index is 0.214. The molecule has 4 bridgehead atoms. The van der Waals surface area contributed by atoms with Crippen molar-refractivity contribution in [1.82, 2.24) is 10.2 Å². The zero-order valence-electron chi connectivity index (χ0n) is 17.7. The molecule has 5 fully saturated rings. The number of hydrogen-bond donors (Lipinski definition) is 1. The van der Waals surface area contributed by atoms with Gasteiger partial charge < -0.3 is 15.0 Å². The van der Waals surface area contributed by atoms with Gasteiger partial charge >= 0.3 is 0 Å². The maximum atomic E-state index is 12.7. The van der Waals surface area contributed by atoms with Crippen LogP contribution in [-0.2, 0) is 4.79 Å². The summed E-state index contributed by atoms with van der Waals surface area (Å²) in [6.45, 7) is 5.15. The third-order valence-electron chi connectivity index (χ3n) is 7.99. The summed E-state index contributed by atoms with van der Waals surface area (Å²) in [6.07, 6.45) is 8.46. The fraction of sp³-hybridized carbons (Fsp3) is 0.708. The van der Waals surface area contributed by atoms with E-state index >= 15 is 0 Å². The molecular weight excluding hydrogens is 362 g/mol. The Hall–Kier alpha value is -1.75. The summed E-state index contributed by atoms with van der Waals surface area (Å²) >= 11 is 0. The molecule has 4 saturated carbocycles. The zero-order chi connectivity index (χ0) is 19.8. The van der Waals surface area contributed by atoms with Crippen LogP contribution in [0.15, 0.2) is 24.3 Å². The zero-order valence-corrected chi connectivity index (χ0v) is 17.7. The van der Waals surface area contributed by atoms with Gasteiger partial charge in [0.15, 0.2) is 0 Å². The predicted molar refractivity (Wildman–Crippen MR) is 115 cm³/mol. The minimum Gasteiger partial charge on any atom is -0.495 e. The van der Waals surface area contributed by atoms with Crippen molar-refractivity contribution < 1.29 is 9.53 Å². The normalized spacial score (nSPS) is 33.7. The number of carbonyl (C=O) groups is 1. The number of amides is 1. The SMILES string of the molecule is COc1ccccc1N1CCN(CC(=O)NCC23CC4CC(CC(C4)C2)C3)CC1. The van der Waals surface area contributed by atoms with Gasteiger partial charge in [-0.1, -0.05) is 12.1 Å². The number of nitrogens with one attached hydrogen (secondary N) is 1. The van der Waals surface area contributed by atoms with E-state index in [9.17, 15) is 4.79 Å². The van der Waals surface area contributed by atoms with Crippen LogP contribution in [-0.4, -0.2) is 57.2 Å². The molecule has 5 heteroatoms. The fourth-order valence-corrected chi connectivity index (χ4v) is 7.09. The van der Waals surface area contributed by atoms with Crippen LogP contribution in [0.4, 0.5) is 5.69 Å². The molecule has 4 aliphatic carbocycles. The summed E-state index contributed by atoms with van der Waals surface area (Å²) in [4.78, 5) is 17.3. The molecule has 1 saturated heterocycles. The highest BCUT2D eigenvalue weighted by atomic mass is 16.5. The number of rotatable bonds is 6. The smallest absolute Gasteiger partial charge is 0.234 e. The first-order valence-corrected chi connectivity index (χ1v) is 11.5. The van der Waals surface area contributed by atoms with E-state index in [-0.39, 0.29) is 5.91 Å². The second kappa shape index (κ2) is 7.82. The Morgan fingerprint density at radius 2 is 1.66 bits per heavy atom. The number of anilines is 1. The van der Waals surface area contributed by atoms with E-state index in [1.54, 1.807) is 7.11 Å². The first-order chi connectivity index (χ1) is 14.1. The molecule has 5 aliphatic rings. The summed E-state index contributed by atoms with van der Waals surface area (Å²) in [5.41, 5.74) is 1.58. The van der Waals surface area contributed by atoms with Crippen molar-refractivity contribution in [2.24, 2.45) is 23.2 Å². The number of hydrogen-bond acceptors (Lipinski definition) is 4. The van der Waals surface area contributed by atoms with Gasteiger partial charge in [-0.15, -0.1) is 0 Å². The van der Waals surface area contributed by atoms with E-state index < -0.39 is 0 Å². The topological polar surface area (TPSA) is 44.8 Å². The maximum Gasteiger partial charge on any atom is 0.234 e. The van der Waals surface area contributed by atoms with Gasteiger partial charge in [0, 0.05) is 32.7 Å². The standard InChI is InChI=1S/C24H35N3O2/c1-29-22-5-3-2-4-21(22)27-8-6-26(7-9-27)16-23(28)25-17-24-13-18-10-19(14-24)12-20(11-18)15-24/h2-5,18-20H,6-17H2,1H3,(H,25,28). The molecule has 0 atom stereocenters. The van der Waals surface area contributed by atoms with E-state index in [1.165, 1.54) is 38.5 Å². The molecule has 1 aromatic carbocycles. The lowest BCUT2D eigenvalue weighted by molar-refractivity contribution is -0.124. The van der Waals surface area contributed by atoms with Crippen LogP contribution in [0, 0.1) is 23.2 Å². The molecule has 0 radical (unpaired) electrons. The highest BCUT2D eigenvalue weighted by molar-refractivity contribution is 5.78. The molecule has 158 valence electrons. The molecule has 0 spiro atoms. The fourth-order valence-electron chi connectivity index (χ4n) is 7.09. The number of benzene rings is 1. The third kappa shape index (κ3) is 3.98. The van der Waals surface area contributed by atoms with Gasteiger partial charge in [0.1, 0.15) is 5.75 Å². The van der Waals surface area contributed by atoms with Gasteiger partial charge in [-0.25, -0.2) is 0 Å². The van der Waals surface area contributed by atoms with E-state index in [1.807, 2.05) is 12.1 Å². The van der Waals surface area contributed by atoms with Crippen LogP contribution in [0.1, 0.15) is 38.5 Å². The average Bonchev–Trinajstić information content (AvgIpc) is 2.72. The second-order valence-corrected chi connectivity index (χ2v) is 10.1. The van der Waals surface area contributed by atoms with Crippen molar-refractivity contribution in [3.05, 3.63) is 24.3 Å². The van der Waals surface area contributed by atoms with Crippen LogP contribution in [0.5, 0.6) is 5.75 Å². The average molecular weight is 398 g/mol. The minimum atomic E-state index is 0.214. The van der Waals surface area contributed by atoms with Gasteiger partial charge in [-0.3, -0.25) is 9.69 Å². The van der Waals surface area contributed by atoms with Crippen LogP contribution >= 0.6 is 0 Å². The molecule has 1 heterocycles. The largest absolute Gasteiger partial charge is 0.495 e. The first kappa shape index (κ1) is 19.2. The number of carbonyl (C=O) groups excluding carboxylic acids is 1. The maximum absolute atomic E-state index is 12.7. The van der Waals surface area contributed by atoms with E-state index in [0.29, 0.717) is 12.0 Å². The number of methoxy groups -OCH3 is 1. The van der Waals surface area contributed by atoms with E-state index in [2.05, 4.69) is 27.2 Å². The highest BCUT2D eigenvalue weighted by Crippen LogP contribution is 2.59. The van der Waals surface area contributed by atoms with Gasteiger partial charge in [0.2, 0.25) is 5.91 Å². The van der Waals surface area contributed by atoms with Gasteiger partial charge in [-0.2, -0.15) is 0 Å². The predicted octanol–water partition coefficient (Wildman–Crippen LogP) is 3.15. The second-order valence-electron chi connectivity index (χ2n) is 10.1. The molecule has 6 rings (SSSR count). The van der Waals surface area contributed by atoms with E-state index in [0.717, 1.165) is 61.9 Å². The number of piperazine rings is 1. The van der Waals surface area contributed by atoms with Crippen molar-refractivity contribution in [2.75, 3.05) is 51.3 Å².